The van der Waals surface area contributed by atoms with Gasteiger partial charge in [-0.2, -0.15) is 0 Å². The van der Waals surface area contributed by atoms with Crippen molar-refractivity contribution in [3.8, 4) is 16.9 Å². The highest BCUT2D eigenvalue weighted by Gasteiger charge is 2.11. The summed E-state index contributed by atoms with van der Waals surface area (Å²) in [5.74, 6) is 0.1000. The Morgan fingerprint density at radius 3 is 2.52 bits per heavy atom. The molecule has 2 aromatic rings. The van der Waals surface area contributed by atoms with Gasteiger partial charge in [-0.05, 0) is 36.4 Å². The average Bonchev–Trinajstić information content (AvgIpc) is 2.48. The third-order valence-electron chi connectivity index (χ3n) is 3.11. The van der Waals surface area contributed by atoms with Crippen molar-refractivity contribution in [3.05, 3.63) is 36.4 Å². The molecular formula is C15H19N3O3. The molecule has 6 nitrogen and oxygen atoms in total. The number of nitrogens with two attached hydrogens (primary N) is 2. The van der Waals surface area contributed by atoms with Crippen LogP contribution in [0.5, 0.6) is 5.75 Å². The van der Waals surface area contributed by atoms with Crippen LogP contribution in [0.25, 0.3) is 11.1 Å². The van der Waals surface area contributed by atoms with Crippen molar-refractivity contribution < 1.29 is 15.3 Å². The Kier molecular flexibility index (Phi) is 4.52. The first-order valence-corrected chi connectivity index (χ1v) is 6.52. The summed E-state index contributed by atoms with van der Waals surface area (Å²) in [5, 5.41) is 31.0. The van der Waals surface area contributed by atoms with Crippen LogP contribution >= 0.6 is 0 Å². The molecule has 2 rings (SSSR count). The fourth-order valence-corrected chi connectivity index (χ4v) is 2.01. The van der Waals surface area contributed by atoms with Gasteiger partial charge < -0.3 is 32.1 Å². The average molecular weight is 289 g/mol. The van der Waals surface area contributed by atoms with E-state index in [4.69, 9.17) is 16.6 Å². The van der Waals surface area contributed by atoms with E-state index in [0.29, 0.717) is 28.2 Å². The minimum atomic E-state index is -0.864. The number of aromatic hydroxyl groups is 1. The molecule has 0 saturated carbocycles. The predicted molar refractivity (Wildman–Crippen MR) is 83.9 cm³/mol. The number of rotatable bonds is 5. The summed E-state index contributed by atoms with van der Waals surface area (Å²) < 4.78 is 0. The Morgan fingerprint density at radius 1 is 1.05 bits per heavy atom. The van der Waals surface area contributed by atoms with Crippen LogP contribution in [0, 0.1) is 0 Å². The number of nitrogens with one attached hydrogen (secondary N) is 1. The monoisotopic (exact) mass is 289 g/mol. The maximum absolute atomic E-state index is 9.63. The van der Waals surface area contributed by atoms with E-state index in [1.54, 1.807) is 30.3 Å². The van der Waals surface area contributed by atoms with Gasteiger partial charge in [-0.15, -0.1) is 0 Å². The van der Waals surface area contributed by atoms with Gasteiger partial charge in [0.15, 0.2) is 0 Å². The van der Waals surface area contributed by atoms with E-state index in [1.807, 2.05) is 0 Å². The maximum atomic E-state index is 9.63. The lowest BCUT2D eigenvalue weighted by molar-refractivity contribution is 0.105. The molecule has 0 aromatic heterocycles. The molecule has 0 aliphatic rings. The molecule has 0 amide bonds. The highest BCUT2D eigenvalue weighted by atomic mass is 16.3. The molecule has 0 saturated heterocycles. The molecule has 112 valence electrons. The summed E-state index contributed by atoms with van der Waals surface area (Å²) in [7, 11) is 0. The number of aliphatic hydroxyl groups excluding tert-OH is 2. The number of hydrogen-bond acceptors (Lipinski definition) is 6. The third kappa shape index (κ3) is 3.56. The Balaban J connectivity index is 2.41. The Hall–Kier alpha value is -2.44. The van der Waals surface area contributed by atoms with Gasteiger partial charge in [0, 0.05) is 34.7 Å². The summed E-state index contributed by atoms with van der Waals surface area (Å²) in [4.78, 5) is 0. The van der Waals surface area contributed by atoms with Crippen LogP contribution in [0.1, 0.15) is 0 Å². The molecule has 6 heteroatoms. The van der Waals surface area contributed by atoms with E-state index < -0.39 is 6.10 Å². The molecule has 0 heterocycles. The maximum Gasteiger partial charge on any atom is 0.116 e. The van der Waals surface area contributed by atoms with Crippen molar-refractivity contribution in [2.45, 2.75) is 6.10 Å². The quantitative estimate of drug-likeness (QED) is 0.360. The molecule has 1 atom stereocenters. The van der Waals surface area contributed by atoms with Gasteiger partial charge in [0.1, 0.15) is 5.75 Å². The third-order valence-corrected chi connectivity index (χ3v) is 3.11. The fourth-order valence-electron chi connectivity index (χ4n) is 2.01. The smallest absolute Gasteiger partial charge is 0.116 e. The first-order chi connectivity index (χ1) is 10.0. The Morgan fingerprint density at radius 2 is 1.81 bits per heavy atom. The zero-order valence-electron chi connectivity index (χ0n) is 11.5. The highest BCUT2D eigenvalue weighted by Crippen LogP contribution is 2.35. The number of benzene rings is 2. The van der Waals surface area contributed by atoms with E-state index in [9.17, 15) is 10.2 Å². The molecule has 0 aliphatic heterocycles. The van der Waals surface area contributed by atoms with Gasteiger partial charge >= 0.3 is 0 Å². The van der Waals surface area contributed by atoms with Gasteiger partial charge in [-0.3, -0.25) is 0 Å². The summed E-state index contributed by atoms with van der Waals surface area (Å²) in [6.07, 6.45) is -0.864. The molecule has 8 N–H and O–H groups in total. The van der Waals surface area contributed by atoms with Gasteiger partial charge in [-0.1, -0.05) is 0 Å². The molecule has 0 bridgehead atoms. The van der Waals surface area contributed by atoms with Crippen LogP contribution in [0.3, 0.4) is 0 Å². The van der Waals surface area contributed by atoms with Gasteiger partial charge in [0.2, 0.25) is 0 Å². The first-order valence-electron chi connectivity index (χ1n) is 6.52. The summed E-state index contributed by atoms with van der Waals surface area (Å²) in [6, 6.07) is 9.89. The summed E-state index contributed by atoms with van der Waals surface area (Å²) >= 11 is 0. The molecule has 0 aliphatic carbocycles. The lowest BCUT2D eigenvalue weighted by Crippen LogP contribution is -2.23. The van der Waals surface area contributed by atoms with Crippen LogP contribution < -0.4 is 16.8 Å². The van der Waals surface area contributed by atoms with Crippen molar-refractivity contribution in [2.24, 2.45) is 0 Å². The van der Waals surface area contributed by atoms with Gasteiger partial charge in [-0.25, -0.2) is 0 Å². The number of hydrogen-bond donors (Lipinski definition) is 6. The van der Waals surface area contributed by atoms with Crippen LogP contribution in [-0.4, -0.2) is 34.6 Å². The SMILES string of the molecule is Nc1ccc(NCC(O)CO)c(-c2cc(O)ccc2N)c1. The second kappa shape index (κ2) is 6.34. The van der Waals surface area contributed by atoms with E-state index in [0.717, 1.165) is 0 Å². The predicted octanol–water partition coefficient (Wildman–Crippen LogP) is 0.989. The molecule has 0 spiro atoms. The minimum Gasteiger partial charge on any atom is -0.508 e. The van der Waals surface area contributed by atoms with Crippen LogP contribution in [0.2, 0.25) is 0 Å². The standard InChI is InChI=1S/C15H19N3O3/c16-9-1-4-15(18-7-11(21)8-19)13(5-9)12-6-10(20)2-3-14(12)17/h1-6,11,18-21H,7-8,16-17H2. The van der Waals surface area contributed by atoms with Crippen LogP contribution in [0.15, 0.2) is 36.4 Å². The molecule has 0 fully saturated rings. The molecular weight excluding hydrogens is 270 g/mol. The summed E-state index contributed by atoms with van der Waals surface area (Å²) in [6.45, 7) is -0.141. The second-order valence-corrected chi connectivity index (χ2v) is 4.79. The van der Waals surface area contributed by atoms with Crippen molar-refractivity contribution >= 4 is 17.1 Å². The molecule has 2 aromatic carbocycles. The highest BCUT2D eigenvalue weighted by molar-refractivity contribution is 5.87. The first kappa shape index (κ1) is 15.0. The van der Waals surface area contributed by atoms with E-state index in [1.165, 1.54) is 6.07 Å². The van der Waals surface area contributed by atoms with E-state index >= 15 is 0 Å². The number of anilines is 3. The zero-order valence-corrected chi connectivity index (χ0v) is 11.5. The summed E-state index contributed by atoms with van der Waals surface area (Å²) in [5.41, 5.74) is 14.9. The van der Waals surface area contributed by atoms with Crippen molar-refractivity contribution in [1.82, 2.24) is 0 Å². The molecule has 1 unspecified atom stereocenters. The molecule has 0 radical (unpaired) electrons. The fraction of sp³-hybridized carbons (Fsp3) is 0.200. The Labute approximate surface area is 122 Å². The Bertz CT molecular complexity index is 632. The van der Waals surface area contributed by atoms with Crippen molar-refractivity contribution in [3.63, 3.8) is 0 Å². The minimum absolute atomic E-state index is 0.1000. The van der Waals surface area contributed by atoms with Crippen molar-refractivity contribution in [2.75, 3.05) is 29.9 Å². The number of phenolic OH excluding ortho intramolecular Hbond substituents is 1. The lowest BCUT2D eigenvalue weighted by Gasteiger charge is -2.16. The van der Waals surface area contributed by atoms with E-state index in [2.05, 4.69) is 5.32 Å². The topological polar surface area (TPSA) is 125 Å². The zero-order chi connectivity index (χ0) is 15.4. The van der Waals surface area contributed by atoms with Crippen molar-refractivity contribution in [1.29, 1.82) is 0 Å². The number of aliphatic hydroxyl groups is 2. The largest absolute Gasteiger partial charge is 0.508 e. The normalized spacial score (nSPS) is 12.1. The second-order valence-electron chi connectivity index (χ2n) is 4.79. The van der Waals surface area contributed by atoms with Crippen LogP contribution in [0.4, 0.5) is 17.1 Å². The van der Waals surface area contributed by atoms with Crippen LogP contribution in [-0.2, 0) is 0 Å². The molecule has 21 heavy (non-hydrogen) atoms. The lowest BCUT2D eigenvalue weighted by atomic mass is 10.0. The van der Waals surface area contributed by atoms with Gasteiger partial charge in [0.05, 0.1) is 12.7 Å². The van der Waals surface area contributed by atoms with E-state index in [-0.39, 0.29) is 18.9 Å². The number of nitrogen functional groups attached to an aromatic ring is 2. The number of phenols is 1. The van der Waals surface area contributed by atoms with Gasteiger partial charge in [0.25, 0.3) is 0 Å².